The summed E-state index contributed by atoms with van der Waals surface area (Å²) < 4.78 is 36.7. The summed E-state index contributed by atoms with van der Waals surface area (Å²) in [4.78, 5) is 3.41. The second kappa shape index (κ2) is 2.44. The van der Waals surface area contributed by atoms with Crippen LogP contribution in [0.3, 0.4) is 0 Å². The van der Waals surface area contributed by atoms with E-state index in [4.69, 9.17) is 4.11 Å². The van der Waals surface area contributed by atoms with E-state index in [1.165, 1.54) is 0 Å². The number of hydrogen-bond acceptors (Lipinski definition) is 2. The van der Waals surface area contributed by atoms with E-state index in [0.717, 1.165) is 18.3 Å². The highest BCUT2D eigenvalue weighted by Gasteiger charge is 1.90. The fraction of sp³-hybridized carbons (Fsp3) is 0.167. The van der Waals surface area contributed by atoms with Crippen molar-refractivity contribution < 1.29 is 13.2 Å². The largest absolute Gasteiger partial charge is 0.481 e. The maximum Gasteiger partial charge on any atom is 0.213 e. The second-order valence-electron chi connectivity index (χ2n) is 1.42. The Kier molecular flexibility index (Phi) is 0.853. The first kappa shape index (κ1) is 3.15. The van der Waals surface area contributed by atoms with Gasteiger partial charge in [-0.05, 0) is 6.07 Å². The Bertz CT molecular complexity index is 258. The predicted octanol–water partition coefficient (Wildman–Crippen LogP) is 1.23. The van der Waals surface area contributed by atoms with Crippen molar-refractivity contribution in [2.75, 3.05) is 7.04 Å². The van der Waals surface area contributed by atoms with Gasteiger partial charge in [-0.2, -0.15) is 0 Å². The van der Waals surface area contributed by atoms with E-state index < -0.39 is 12.9 Å². The van der Waals surface area contributed by atoms with Crippen LogP contribution in [0.1, 0.15) is 4.11 Å². The van der Waals surface area contributed by atoms with Crippen LogP contribution in [0.15, 0.2) is 18.3 Å². The van der Waals surface area contributed by atoms with Crippen LogP contribution < -0.4 is 4.74 Å². The van der Waals surface area contributed by atoms with Crippen LogP contribution in [-0.4, -0.2) is 12.0 Å². The number of pyridine rings is 1. The summed E-state index contributed by atoms with van der Waals surface area (Å²) in [5.74, 6) is -0.649. The van der Waals surface area contributed by atoms with Crippen LogP contribution in [0, 0.1) is 5.82 Å². The Labute approximate surface area is 56.5 Å². The fourth-order valence-corrected chi connectivity index (χ4v) is 0.423. The van der Waals surface area contributed by atoms with Gasteiger partial charge in [0.2, 0.25) is 5.88 Å². The fourth-order valence-electron chi connectivity index (χ4n) is 0.423. The second-order valence-corrected chi connectivity index (χ2v) is 1.42. The number of ether oxygens (including phenoxy) is 1. The van der Waals surface area contributed by atoms with Gasteiger partial charge in [-0.15, -0.1) is 0 Å². The summed E-state index contributed by atoms with van der Waals surface area (Å²) in [6.07, 6.45) is 0.890. The summed E-state index contributed by atoms with van der Waals surface area (Å²) in [6.45, 7) is 0. The number of halogens is 1. The van der Waals surface area contributed by atoms with E-state index in [-0.39, 0.29) is 5.88 Å². The van der Waals surface area contributed by atoms with E-state index in [1.807, 2.05) is 0 Å². The van der Waals surface area contributed by atoms with Gasteiger partial charge in [-0.25, -0.2) is 9.37 Å². The molecule has 0 aliphatic heterocycles. The van der Waals surface area contributed by atoms with Crippen molar-refractivity contribution in [3.8, 4) is 5.88 Å². The lowest BCUT2D eigenvalue weighted by molar-refractivity contribution is 0.396. The van der Waals surface area contributed by atoms with Crippen LogP contribution in [-0.2, 0) is 0 Å². The molecule has 3 heteroatoms. The average Bonchev–Trinajstić information content (AvgIpc) is 1.91. The SMILES string of the molecule is [2H]C([2H])([2H])Oc1ccc(F)cn1. The molecule has 0 radical (unpaired) electrons. The third-order valence-corrected chi connectivity index (χ3v) is 0.805. The van der Waals surface area contributed by atoms with E-state index >= 15 is 0 Å². The molecule has 1 aromatic heterocycles. The van der Waals surface area contributed by atoms with Crippen molar-refractivity contribution in [1.29, 1.82) is 0 Å². The lowest BCUT2D eigenvalue weighted by atomic mass is 10.5. The molecule has 0 N–H and O–H groups in total. The standard InChI is InChI=1S/C6H6FNO/c1-9-6-3-2-5(7)4-8-6/h2-4H,1H3/i1D3. The van der Waals surface area contributed by atoms with Gasteiger partial charge in [0.1, 0.15) is 5.82 Å². The van der Waals surface area contributed by atoms with Crippen molar-refractivity contribution >= 4 is 0 Å². The van der Waals surface area contributed by atoms with Crippen LogP contribution in [0.25, 0.3) is 0 Å². The third-order valence-electron chi connectivity index (χ3n) is 0.805. The predicted molar refractivity (Wildman–Crippen MR) is 30.7 cm³/mol. The molecule has 0 fully saturated rings. The van der Waals surface area contributed by atoms with Gasteiger partial charge in [0.15, 0.2) is 0 Å². The van der Waals surface area contributed by atoms with Crippen molar-refractivity contribution in [2.24, 2.45) is 0 Å². The zero-order valence-corrected chi connectivity index (χ0v) is 4.47. The molecule has 0 saturated carbocycles. The Hall–Kier alpha value is -1.12. The third kappa shape index (κ3) is 1.38. The van der Waals surface area contributed by atoms with Gasteiger partial charge in [-0.3, -0.25) is 0 Å². The molecule has 0 spiro atoms. The lowest BCUT2D eigenvalue weighted by Gasteiger charge is -1.94. The highest BCUT2D eigenvalue weighted by molar-refractivity contribution is 5.09. The molecule has 1 aromatic rings. The topological polar surface area (TPSA) is 22.1 Å². The van der Waals surface area contributed by atoms with E-state index in [1.54, 1.807) is 0 Å². The first-order valence-corrected chi connectivity index (χ1v) is 2.28. The quantitative estimate of drug-likeness (QED) is 0.570. The highest BCUT2D eigenvalue weighted by Crippen LogP contribution is 2.03. The number of nitrogens with zero attached hydrogens (tertiary/aromatic N) is 1. The van der Waals surface area contributed by atoms with Crippen LogP contribution in [0.2, 0.25) is 0 Å². The molecule has 9 heavy (non-hydrogen) atoms. The Morgan fingerprint density at radius 3 is 3.22 bits per heavy atom. The maximum absolute atomic E-state index is 12.3. The van der Waals surface area contributed by atoms with Crippen molar-refractivity contribution in [2.45, 2.75) is 0 Å². The average molecular weight is 130 g/mol. The highest BCUT2D eigenvalue weighted by atomic mass is 19.1. The summed E-state index contributed by atoms with van der Waals surface area (Å²) in [5.41, 5.74) is 0. The number of aromatic nitrogens is 1. The van der Waals surface area contributed by atoms with Crippen LogP contribution in [0.5, 0.6) is 5.88 Å². The molecule has 1 rings (SSSR count). The first-order valence-electron chi connectivity index (χ1n) is 3.78. The first-order chi connectivity index (χ1) is 5.47. The van der Waals surface area contributed by atoms with E-state index in [0.29, 0.717) is 0 Å². The van der Waals surface area contributed by atoms with Crippen LogP contribution in [0.4, 0.5) is 4.39 Å². The summed E-state index contributed by atoms with van der Waals surface area (Å²) >= 11 is 0. The summed E-state index contributed by atoms with van der Waals surface area (Å²) in [7, 11) is -2.54. The molecule has 0 bridgehead atoms. The van der Waals surface area contributed by atoms with Crippen molar-refractivity contribution in [3.63, 3.8) is 0 Å². The summed E-state index contributed by atoms with van der Waals surface area (Å²) in [5, 5.41) is 0. The smallest absolute Gasteiger partial charge is 0.213 e. The van der Waals surface area contributed by atoms with Gasteiger partial charge >= 0.3 is 0 Å². The van der Waals surface area contributed by atoms with Gasteiger partial charge in [-0.1, -0.05) is 0 Å². The molecule has 0 aliphatic rings. The van der Waals surface area contributed by atoms with Gasteiger partial charge < -0.3 is 4.74 Å². The molecule has 0 atom stereocenters. The Balaban J connectivity index is 2.71. The zero-order chi connectivity index (χ0) is 9.19. The Morgan fingerprint density at radius 2 is 2.67 bits per heavy atom. The molecule has 0 amide bonds. The van der Waals surface area contributed by atoms with E-state index in [2.05, 4.69) is 9.72 Å². The van der Waals surface area contributed by atoms with Gasteiger partial charge in [0, 0.05) is 6.07 Å². The minimum atomic E-state index is -2.54. The molecule has 0 unspecified atom stereocenters. The van der Waals surface area contributed by atoms with E-state index in [9.17, 15) is 4.39 Å². The minimum absolute atomic E-state index is 0.114. The van der Waals surface area contributed by atoms with Crippen LogP contribution >= 0.6 is 0 Å². The normalized spacial score (nSPS) is 15.4. The lowest BCUT2D eigenvalue weighted by Crippen LogP contribution is -1.86. The van der Waals surface area contributed by atoms with Gasteiger partial charge in [0.25, 0.3) is 0 Å². The molecular weight excluding hydrogens is 121 g/mol. The molecule has 0 aromatic carbocycles. The van der Waals surface area contributed by atoms with Crippen molar-refractivity contribution in [3.05, 3.63) is 24.1 Å². The molecule has 2 nitrogen and oxygen atoms in total. The number of hydrogen-bond donors (Lipinski definition) is 0. The molecule has 0 aliphatic carbocycles. The monoisotopic (exact) mass is 130 g/mol. The molecule has 0 saturated heterocycles. The maximum atomic E-state index is 12.3. The minimum Gasteiger partial charge on any atom is -0.481 e. The molecular formula is C6H6FNO. The Morgan fingerprint density at radius 1 is 1.78 bits per heavy atom. The number of methoxy groups -OCH3 is 1. The summed E-state index contributed by atoms with van der Waals surface area (Å²) in [6, 6.07) is 2.23. The zero-order valence-electron chi connectivity index (χ0n) is 7.47. The number of rotatable bonds is 1. The molecule has 48 valence electrons. The van der Waals surface area contributed by atoms with Crippen molar-refractivity contribution in [1.82, 2.24) is 4.98 Å². The van der Waals surface area contributed by atoms with Gasteiger partial charge in [0.05, 0.1) is 17.3 Å². The molecule has 1 heterocycles.